The molecule has 0 aliphatic heterocycles. The van der Waals surface area contributed by atoms with Gasteiger partial charge in [-0.05, 0) is 17.0 Å². The lowest BCUT2D eigenvalue weighted by Gasteiger charge is -1.94. The Labute approximate surface area is 65.8 Å². The van der Waals surface area contributed by atoms with Crippen LogP contribution in [0.25, 0.3) is 0 Å². The van der Waals surface area contributed by atoms with E-state index in [9.17, 15) is 4.79 Å². The van der Waals surface area contributed by atoms with Gasteiger partial charge in [0.15, 0.2) is 0 Å². The fourth-order valence-electron chi connectivity index (χ4n) is 1.37. The highest BCUT2D eigenvalue weighted by Gasteiger charge is 2.60. The number of rotatable bonds is 1. The van der Waals surface area contributed by atoms with Crippen LogP contribution in [0.1, 0.15) is 13.8 Å². The second-order valence-corrected chi connectivity index (χ2v) is 3.62. The Bertz CT molecular complexity index is 212. The molecule has 1 aliphatic carbocycles. The highest BCUT2D eigenvalue weighted by molar-refractivity contribution is 6.64. The fourth-order valence-corrected chi connectivity index (χ4v) is 1.78. The molecule has 0 heterocycles. The lowest BCUT2D eigenvalue weighted by molar-refractivity contribution is -0.113. The Kier molecular flexibility index (Phi) is 1.53. The van der Waals surface area contributed by atoms with E-state index in [-0.39, 0.29) is 22.5 Å². The first-order chi connectivity index (χ1) is 4.51. The van der Waals surface area contributed by atoms with Gasteiger partial charge in [0.1, 0.15) is 0 Å². The van der Waals surface area contributed by atoms with Crippen molar-refractivity contribution in [1.82, 2.24) is 0 Å². The molecule has 1 rings (SSSR count). The molecule has 0 aromatic heterocycles. The Morgan fingerprint density at radius 2 is 2.20 bits per heavy atom. The standard InChI is InChI=1S/C8H9ClO/c1-4-5-6(7(9)10)8(5,2)3/h1,5-6H,2-3H3. The second-order valence-electron chi connectivity index (χ2n) is 3.25. The van der Waals surface area contributed by atoms with Gasteiger partial charge < -0.3 is 0 Å². The van der Waals surface area contributed by atoms with Gasteiger partial charge in [0.25, 0.3) is 0 Å². The quantitative estimate of drug-likeness (QED) is 0.417. The van der Waals surface area contributed by atoms with E-state index in [1.165, 1.54) is 0 Å². The summed E-state index contributed by atoms with van der Waals surface area (Å²) in [5.41, 5.74) is -0.0619. The zero-order chi connectivity index (χ0) is 7.94. The summed E-state index contributed by atoms with van der Waals surface area (Å²) < 4.78 is 0. The second kappa shape index (κ2) is 2.00. The fraction of sp³-hybridized carbons (Fsp3) is 0.625. The molecule has 0 amide bonds. The van der Waals surface area contributed by atoms with Crippen molar-refractivity contribution >= 4 is 16.8 Å². The third-order valence-corrected chi connectivity index (χ3v) is 2.49. The average molecular weight is 157 g/mol. The summed E-state index contributed by atoms with van der Waals surface area (Å²) in [6, 6.07) is 0. The maximum atomic E-state index is 10.7. The summed E-state index contributed by atoms with van der Waals surface area (Å²) in [7, 11) is 0. The van der Waals surface area contributed by atoms with Crippen molar-refractivity contribution in [2.45, 2.75) is 13.8 Å². The van der Waals surface area contributed by atoms with Crippen LogP contribution < -0.4 is 0 Å². The van der Waals surface area contributed by atoms with Crippen LogP contribution >= 0.6 is 11.6 Å². The first-order valence-corrected chi connectivity index (χ1v) is 3.55. The van der Waals surface area contributed by atoms with Crippen molar-refractivity contribution in [2.24, 2.45) is 17.3 Å². The largest absolute Gasteiger partial charge is 0.281 e. The minimum Gasteiger partial charge on any atom is -0.281 e. The predicted molar refractivity (Wildman–Crippen MR) is 40.5 cm³/mol. The van der Waals surface area contributed by atoms with E-state index in [0.29, 0.717) is 0 Å². The molecule has 0 aromatic rings. The van der Waals surface area contributed by atoms with E-state index in [1.807, 2.05) is 13.8 Å². The molecule has 0 bridgehead atoms. The molecule has 0 saturated heterocycles. The Hall–Kier alpha value is -0.480. The van der Waals surface area contributed by atoms with E-state index in [1.54, 1.807) is 0 Å². The summed E-state index contributed by atoms with van der Waals surface area (Å²) in [4.78, 5) is 10.7. The molecule has 10 heavy (non-hydrogen) atoms. The normalized spacial score (nSPS) is 34.6. The molecule has 2 unspecified atom stereocenters. The number of halogens is 1. The highest BCUT2D eigenvalue weighted by atomic mass is 35.5. The van der Waals surface area contributed by atoms with Crippen molar-refractivity contribution in [3.8, 4) is 12.3 Å². The third-order valence-electron chi connectivity index (χ3n) is 2.25. The van der Waals surface area contributed by atoms with Gasteiger partial charge in [-0.3, -0.25) is 4.79 Å². The van der Waals surface area contributed by atoms with Gasteiger partial charge in [0, 0.05) is 5.92 Å². The Balaban J connectivity index is 2.73. The molecule has 0 radical (unpaired) electrons. The summed E-state index contributed by atoms with van der Waals surface area (Å²) in [6.07, 6.45) is 5.18. The van der Waals surface area contributed by atoms with Crippen LogP contribution in [0.15, 0.2) is 0 Å². The van der Waals surface area contributed by atoms with Gasteiger partial charge in [-0.1, -0.05) is 13.8 Å². The molecular formula is C8H9ClO. The average Bonchev–Trinajstić information content (AvgIpc) is 2.33. The van der Waals surface area contributed by atoms with Crippen LogP contribution in [0.3, 0.4) is 0 Å². The smallest absolute Gasteiger partial charge is 0.226 e. The van der Waals surface area contributed by atoms with Crippen LogP contribution in [0.5, 0.6) is 0 Å². The Morgan fingerprint density at radius 1 is 1.70 bits per heavy atom. The molecular weight excluding hydrogens is 148 g/mol. The van der Waals surface area contributed by atoms with Crippen molar-refractivity contribution in [3.05, 3.63) is 0 Å². The SMILES string of the molecule is C#CC1C(C(=O)Cl)C1(C)C. The van der Waals surface area contributed by atoms with Crippen molar-refractivity contribution in [2.75, 3.05) is 0 Å². The third kappa shape index (κ3) is 0.839. The maximum absolute atomic E-state index is 10.7. The van der Waals surface area contributed by atoms with E-state index < -0.39 is 0 Å². The minimum absolute atomic E-state index is 0.0532. The van der Waals surface area contributed by atoms with E-state index in [2.05, 4.69) is 5.92 Å². The summed E-state index contributed by atoms with van der Waals surface area (Å²) in [5.74, 6) is 2.50. The first-order valence-electron chi connectivity index (χ1n) is 3.17. The summed E-state index contributed by atoms with van der Waals surface area (Å²) >= 11 is 5.30. The van der Waals surface area contributed by atoms with Crippen molar-refractivity contribution < 1.29 is 4.79 Å². The number of carbonyl (C=O) groups excluding carboxylic acids is 1. The van der Waals surface area contributed by atoms with Crippen LogP contribution in [0.4, 0.5) is 0 Å². The molecule has 54 valence electrons. The van der Waals surface area contributed by atoms with Gasteiger partial charge in [0.05, 0.1) is 5.92 Å². The molecule has 1 saturated carbocycles. The summed E-state index contributed by atoms with van der Waals surface area (Å²) in [5, 5.41) is -0.298. The van der Waals surface area contributed by atoms with E-state index >= 15 is 0 Å². The van der Waals surface area contributed by atoms with Crippen molar-refractivity contribution in [3.63, 3.8) is 0 Å². The first kappa shape index (κ1) is 7.63. The zero-order valence-corrected chi connectivity index (χ0v) is 6.77. The maximum Gasteiger partial charge on any atom is 0.226 e. The van der Waals surface area contributed by atoms with Crippen LogP contribution in [-0.4, -0.2) is 5.24 Å². The number of terminal acetylenes is 1. The van der Waals surface area contributed by atoms with Gasteiger partial charge in [-0.2, -0.15) is 0 Å². The predicted octanol–water partition coefficient (Wildman–Crippen LogP) is 1.66. The lowest BCUT2D eigenvalue weighted by Crippen LogP contribution is -1.96. The number of hydrogen-bond donors (Lipinski definition) is 0. The monoisotopic (exact) mass is 156 g/mol. The van der Waals surface area contributed by atoms with E-state index in [4.69, 9.17) is 18.0 Å². The molecule has 2 heteroatoms. The highest BCUT2D eigenvalue weighted by Crippen LogP contribution is 2.58. The molecule has 1 nitrogen and oxygen atoms in total. The molecule has 0 N–H and O–H groups in total. The van der Waals surface area contributed by atoms with Gasteiger partial charge in [0.2, 0.25) is 5.24 Å². The molecule has 1 fully saturated rings. The molecule has 0 aromatic carbocycles. The Morgan fingerprint density at radius 3 is 2.30 bits per heavy atom. The van der Waals surface area contributed by atoms with Crippen LogP contribution in [0.2, 0.25) is 0 Å². The van der Waals surface area contributed by atoms with Gasteiger partial charge in [-0.25, -0.2) is 0 Å². The van der Waals surface area contributed by atoms with Gasteiger partial charge >= 0.3 is 0 Å². The molecule has 1 aliphatic rings. The number of carbonyl (C=O) groups is 1. The zero-order valence-electron chi connectivity index (χ0n) is 6.02. The van der Waals surface area contributed by atoms with Crippen LogP contribution in [0, 0.1) is 29.6 Å². The van der Waals surface area contributed by atoms with Crippen LogP contribution in [-0.2, 0) is 4.79 Å². The number of hydrogen-bond acceptors (Lipinski definition) is 1. The molecule has 0 spiro atoms. The topological polar surface area (TPSA) is 17.1 Å². The van der Waals surface area contributed by atoms with Crippen molar-refractivity contribution in [1.29, 1.82) is 0 Å². The van der Waals surface area contributed by atoms with Gasteiger partial charge in [-0.15, -0.1) is 12.3 Å². The minimum atomic E-state index is -0.298. The molecule has 2 atom stereocenters. The summed E-state index contributed by atoms with van der Waals surface area (Å²) in [6.45, 7) is 3.92. The lowest BCUT2D eigenvalue weighted by atomic mass is 10.1. The van der Waals surface area contributed by atoms with E-state index in [0.717, 1.165) is 0 Å².